The highest BCUT2D eigenvalue weighted by Crippen LogP contribution is 2.39. The number of H-pyrrole nitrogens is 1. The molecule has 1 aromatic carbocycles. The Hall–Kier alpha value is -2.53. The van der Waals surface area contributed by atoms with Gasteiger partial charge in [0.2, 0.25) is 0 Å². The SMILES string of the molecule is N#Cc1c(-c2cc3ccccc3s2)n(CCN)c2c(=S)nc[nH]c12. The van der Waals surface area contributed by atoms with Gasteiger partial charge in [-0.3, -0.25) is 0 Å². The number of hydrogen-bond acceptors (Lipinski definition) is 5. The summed E-state index contributed by atoms with van der Waals surface area (Å²) in [5.41, 5.74) is 8.73. The normalized spacial score (nSPS) is 11.2. The van der Waals surface area contributed by atoms with Crippen molar-refractivity contribution in [1.82, 2.24) is 14.5 Å². The van der Waals surface area contributed by atoms with Gasteiger partial charge in [-0.15, -0.1) is 11.3 Å². The lowest BCUT2D eigenvalue weighted by molar-refractivity contribution is 0.740. The summed E-state index contributed by atoms with van der Waals surface area (Å²) in [4.78, 5) is 8.27. The molecular formula is C17H13N5S2. The van der Waals surface area contributed by atoms with Crippen LogP contribution in [0.4, 0.5) is 0 Å². The van der Waals surface area contributed by atoms with Gasteiger partial charge in [0.05, 0.1) is 22.4 Å². The predicted molar refractivity (Wildman–Crippen MR) is 99.5 cm³/mol. The van der Waals surface area contributed by atoms with E-state index in [-0.39, 0.29) is 0 Å². The molecule has 7 heteroatoms. The summed E-state index contributed by atoms with van der Waals surface area (Å²) in [5.74, 6) is 0. The summed E-state index contributed by atoms with van der Waals surface area (Å²) in [6, 6.07) is 12.6. The van der Waals surface area contributed by atoms with Gasteiger partial charge in [-0.25, -0.2) is 4.98 Å². The maximum absolute atomic E-state index is 9.76. The lowest BCUT2D eigenvalue weighted by atomic mass is 10.2. The maximum atomic E-state index is 9.76. The third-order valence-electron chi connectivity index (χ3n) is 3.98. The van der Waals surface area contributed by atoms with E-state index in [0.717, 1.165) is 27.0 Å². The zero-order valence-corrected chi connectivity index (χ0v) is 14.2. The van der Waals surface area contributed by atoms with Crippen molar-refractivity contribution in [2.75, 3.05) is 6.54 Å². The highest BCUT2D eigenvalue weighted by atomic mass is 32.1. The van der Waals surface area contributed by atoms with Gasteiger partial charge in [-0.2, -0.15) is 5.26 Å². The van der Waals surface area contributed by atoms with Crippen LogP contribution >= 0.6 is 23.6 Å². The van der Waals surface area contributed by atoms with Crippen LogP contribution in [0.2, 0.25) is 0 Å². The molecule has 0 aliphatic heterocycles. The molecule has 0 radical (unpaired) electrons. The van der Waals surface area contributed by atoms with E-state index >= 15 is 0 Å². The van der Waals surface area contributed by atoms with Gasteiger partial charge in [0.1, 0.15) is 17.1 Å². The minimum Gasteiger partial charge on any atom is -0.343 e. The number of rotatable bonds is 3. The van der Waals surface area contributed by atoms with Crippen LogP contribution in [0.25, 0.3) is 31.7 Å². The van der Waals surface area contributed by atoms with Gasteiger partial charge in [0, 0.05) is 17.8 Å². The largest absolute Gasteiger partial charge is 0.343 e. The predicted octanol–water partition coefficient (Wildman–Crippen LogP) is 3.81. The van der Waals surface area contributed by atoms with Crippen molar-refractivity contribution >= 4 is 44.7 Å². The van der Waals surface area contributed by atoms with Crippen molar-refractivity contribution in [2.45, 2.75) is 6.54 Å². The minimum atomic E-state index is 0.455. The number of thiophene rings is 1. The monoisotopic (exact) mass is 351 g/mol. The maximum Gasteiger partial charge on any atom is 0.153 e. The molecule has 0 aliphatic carbocycles. The molecule has 0 saturated carbocycles. The lowest BCUT2D eigenvalue weighted by Crippen LogP contribution is -2.11. The molecule has 3 aromatic heterocycles. The van der Waals surface area contributed by atoms with Crippen LogP contribution in [0.5, 0.6) is 0 Å². The molecule has 0 saturated heterocycles. The summed E-state index contributed by atoms with van der Waals surface area (Å²) in [7, 11) is 0. The average molecular weight is 351 g/mol. The van der Waals surface area contributed by atoms with E-state index in [0.29, 0.717) is 23.3 Å². The third-order valence-corrected chi connectivity index (χ3v) is 5.40. The summed E-state index contributed by atoms with van der Waals surface area (Å²) in [6.07, 6.45) is 1.53. The Balaban J connectivity index is 2.14. The Labute approximate surface area is 147 Å². The second kappa shape index (κ2) is 5.83. The average Bonchev–Trinajstić information content (AvgIpc) is 3.14. The van der Waals surface area contributed by atoms with Crippen LogP contribution in [-0.4, -0.2) is 21.1 Å². The number of nitrogens with two attached hydrogens (primary N) is 1. The van der Waals surface area contributed by atoms with Crippen LogP contribution in [0, 0.1) is 16.0 Å². The molecule has 24 heavy (non-hydrogen) atoms. The Kier molecular flexibility index (Phi) is 3.65. The van der Waals surface area contributed by atoms with Crippen molar-refractivity contribution < 1.29 is 0 Å². The van der Waals surface area contributed by atoms with E-state index in [1.54, 1.807) is 11.3 Å². The number of aromatic amines is 1. The Bertz CT molecular complexity index is 1130. The van der Waals surface area contributed by atoms with Gasteiger partial charge in [0.25, 0.3) is 0 Å². The molecule has 0 bridgehead atoms. The standard InChI is InChI=1S/C17H13N5S2/c18-5-6-22-15(13-7-10-3-1-2-4-12(10)24-13)11(8-19)14-16(22)17(23)21-9-20-14/h1-4,7,9H,5-6,18H2,(H,20,21,23). The number of benzene rings is 1. The molecule has 4 rings (SSSR count). The quantitative estimate of drug-likeness (QED) is 0.550. The fourth-order valence-corrected chi connectivity index (χ4v) is 4.40. The van der Waals surface area contributed by atoms with E-state index in [2.05, 4.69) is 34.2 Å². The fourth-order valence-electron chi connectivity index (χ4n) is 3.01. The molecule has 4 aromatic rings. The second-order valence-corrected chi connectivity index (χ2v) is 6.83. The first kappa shape index (κ1) is 15.0. The number of nitrogens with zero attached hydrogens (tertiary/aromatic N) is 3. The molecule has 0 atom stereocenters. The number of aromatic nitrogens is 3. The van der Waals surface area contributed by atoms with E-state index < -0.39 is 0 Å². The zero-order chi connectivity index (χ0) is 16.7. The van der Waals surface area contributed by atoms with Gasteiger partial charge in [0.15, 0.2) is 4.64 Å². The van der Waals surface area contributed by atoms with Crippen LogP contribution in [-0.2, 0) is 6.54 Å². The first-order chi connectivity index (χ1) is 11.7. The van der Waals surface area contributed by atoms with Gasteiger partial charge >= 0.3 is 0 Å². The molecule has 0 amide bonds. The first-order valence-electron chi connectivity index (χ1n) is 7.43. The molecule has 0 spiro atoms. The third kappa shape index (κ3) is 2.16. The molecule has 5 nitrogen and oxygen atoms in total. The highest BCUT2D eigenvalue weighted by Gasteiger charge is 2.21. The topological polar surface area (TPSA) is 83.4 Å². The summed E-state index contributed by atoms with van der Waals surface area (Å²) < 4.78 is 3.67. The van der Waals surface area contributed by atoms with Crippen molar-refractivity contribution in [1.29, 1.82) is 5.26 Å². The van der Waals surface area contributed by atoms with E-state index in [4.69, 9.17) is 18.0 Å². The Morgan fingerprint density at radius 2 is 2.21 bits per heavy atom. The molecule has 118 valence electrons. The number of nitrogens with one attached hydrogen (secondary N) is 1. The van der Waals surface area contributed by atoms with Crippen molar-refractivity contribution in [3.63, 3.8) is 0 Å². The number of fused-ring (bicyclic) bond motifs is 2. The van der Waals surface area contributed by atoms with Crippen LogP contribution in [0.15, 0.2) is 36.7 Å². The van der Waals surface area contributed by atoms with Crippen molar-refractivity contribution in [3.05, 3.63) is 46.9 Å². The number of hydrogen-bond donors (Lipinski definition) is 2. The fraction of sp³-hybridized carbons (Fsp3) is 0.118. The Morgan fingerprint density at radius 1 is 1.38 bits per heavy atom. The summed E-state index contributed by atoms with van der Waals surface area (Å²) >= 11 is 7.05. The van der Waals surface area contributed by atoms with Gasteiger partial charge in [-0.05, 0) is 17.5 Å². The minimum absolute atomic E-state index is 0.455. The second-order valence-electron chi connectivity index (χ2n) is 5.36. The Morgan fingerprint density at radius 3 is 2.96 bits per heavy atom. The van der Waals surface area contributed by atoms with Crippen LogP contribution in [0.3, 0.4) is 0 Å². The van der Waals surface area contributed by atoms with Gasteiger partial charge in [-0.1, -0.05) is 30.4 Å². The molecule has 0 fully saturated rings. The van der Waals surface area contributed by atoms with Gasteiger partial charge < -0.3 is 15.3 Å². The lowest BCUT2D eigenvalue weighted by Gasteiger charge is -2.07. The summed E-state index contributed by atoms with van der Waals surface area (Å²) in [6.45, 7) is 1.03. The van der Waals surface area contributed by atoms with Crippen LogP contribution in [0.1, 0.15) is 5.56 Å². The van der Waals surface area contributed by atoms with E-state index in [1.807, 2.05) is 16.7 Å². The summed E-state index contributed by atoms with van der Waals surface area (Å²) in [5, 5.41) is 10.9. The van der Waals surface area contributed by atoms with E-state index in [9.17, 15) is 5.26 Å². The highest BCUT2D eigenvalue weighted by molar-refractivity contribution is 7.71. The smallest absolute Gasteiger partial charge is 0.153 e. The number of nitriles is 1. The molecule has 0 unspecified atom stereocenters. The first-order valence-corrected chi connectivity index (χ1v) is 8.66. The molecule has 3 heterocycles. The van der Waals surface area contributed by atoms with E-state index in [1.165, 1.54) is 11.0 Å². The molecule has 0 aliphatic rings. The zero-order valence-electron chi connectivity index (χ0n) is 12.6. The van der Waals surface area contributed by atoms with Crippen LogP contribution < -0.4 is 5.73 Å². The molecule has 3 N–H and O–H groups in total. The van der Waals surface area contributed by atoms with Crippen molar-refractivity contribution in [3.8, 4) is 16.6 Å². The molecular weight excluding hydrogens is 338 g/mol. The van der Waals surface area contributed by atoms with Crippen molar-refractivity contribution in [2.24, 2.45) is 5.73 Å².